The van der Waals surface area contributed by atoms with Gasteiger partial charge in [-0.05, 0) is 79.3 Å². The summed E-state index contributed by atoms with van der Waals surface area (Å²) in [6.45, 7) is 8.90. The highest BCUT2D eigenvalue weighted by Gasteiger charge is 2.52. The lowest BCUT2D eigenvalue weighted by Crippen LogP contribution is -2.51. The maximum atomic E-state index is 14.4. The van der Waals surface area contributed by atoms with Crippen LogP contribution in [0.25, 0.3) is 0 Å². The SMILES string of the molecule is CCCCC(c1ccc(C(=O)NCCC(=O)O)cc1)N1C(=O)C(c2cc(F)cc(Cl)c2)=NC12CCC(C(C)(C)C)CC2. The van der Waals surface area contributed by atoms with E-state index in [0.717, 1.165) is 31.2 Å². The summed E-state index contributed by atoms with van der Waals surface area (Å²) in [5, 5.41) is 11.7. The third-order valence-electron chi connectivity index (χ3n) is 8.66. The zero-order valence-corrected chi connectivity index (χ0v) is 25.6. The van der Waals surface area contributed by atoms with Crippen LogP contribution in [0.1, 0.15) is 107 Å². The smallest absolute Gasteiger partial charge is 0.305 e. The van der Waals surface area contributed by atoms with E-state index in [2.05, 4.69) is 33.0 Å². The van der Waals surface area contributed by atoms with Gasteiger partial charge < -0.3 is 15.3 Å². The summed E-state index contributed by atoms with van der Waals surface area (Å²) in [4.78, 5) is 44.7. The molecule has 9 heteroatoms. The van der Waals surface area contributed by atoms with E-state index in [1.54, 1.807) is 18.2 Å². The summed E-state index contributed by atoms with van der Waals surface area (Å²) < 4.78 is 14.4. The molecule has 1 heterocycles. The van der Waals surface area contributed by atoms with E-state index in [-0.39, 0.29) is 47.0 Å². The van der Waals surface area contributed by atoms with Crippen LogP contribution in [0, 0.1) is 17.2 Å². The number of aliphatic imine (C=N–C) groups is 1. The van der Waals surface area contributed by atoms with Gasteiger partial charge in [0.15, 0.2) is 0 Å². The largest absolute Gasteiger partial charge is 0.481 e. The number of amides is 2. The Morgan fingerprint density at radius 3 is 2.40 bits per heavy atom. The highest BCUT2D eigenvalue weighted by Crippen LogP contribution is 2.50. The van der Waals surface area contributed by atoms with Crippen molar-refractivity contribution in [1.29, 1.82) is 0 Å². The van der Waals surface area contributed by atoms with Gasteiger partial charge in [0.2, 0.25) is 0 Å². The number of unbranched alkanes of at least 4 members (excludes halogenated alkanes) is 1. The zero-order chi connectivity index (χ0) is 30.7. The van der Waals surface area contributed by atoms with Gasteiger partial charge in [0.05, 0.1) is 12.5 Å². The molecule has 2 N–H and O–H groups in total. The van der Waals surface area contributed by atoms with Gasteiger partial charge in [0, 0.05) is 22.7 Å². The standard InChI is InChI=1S/C33H41ClFN3O4/c1-5-6-7-27(21-8-10-22(11-9-21)30(41)36-17-14-28(39)40)38-31(42)29(23-18-25(34)20-26(35)19-23)37-33(38)15-12-24(13-16-33)32(2,3)4/h8-11,18-20,24,27H,5-7,12-17H2,1-4H3,(H,36,41)(H,39,40). The van der Waals surface area contributed by atoms with E-state index in [1.807, 2.05) is 17.0 Å². The molecule has 42 heavy (non-hydrogen) atoms. The number of carboxylic acid groups (broad SMARTS) is 1. The first-order valence-electron chi connectivity index (χ1n) is 14.8. The Bertz CT molecular complexity index is 1320. The Labute approximate surface area is 252 Å². The van der Waals surface area contributed by atoms with Crippen molar-refractivity contribution in [2.45, 2.75) is 90.8 Å². The van der Waals surface area contributed by atoms with Crippen LogP contribution < -0.4 is 5.32 Å². The summed E-state index contributed by atoms with van der Waals surface area (Å²) in [6, 6.07) is 11.0. The Morgan fingerprint density at radius 2 is 1.83 bits per heavy atom. The van der Waals surface area contributed by atoms with Gasteiger partial charge in [-0.1, -0.05) is 64.3 Å². The molecule has 2 aromatic carbocycles. The van der Waals surface area contributed by atoms with E-state index in [9.17, 15) is 18.8 Å². The maximum absolute atomic E-state index is 14.4. The van der Waals surface area contributed by atoms with Crippen molar-refractivity contribution in [3.63, 3.8) is 0 Å². The first kappa shape index (κ1) is 31.7. The van der Waals surface area contributed by atoms with E-state index in [0.29, 0.717) is 36.3 Å². The predicted octanol–water partition coefficient (Wildman–Crippen LogP) is 7.18. The van der Waals surface area contributed by atoms with Crippen LogP contribution in [0.2, 0.25) is 5.02 Å². The van der Waals surface area contributed by atoms with Gasteiger partial charge in [-0.25, -0.2) is 4.39 Å². The minimum absolute atomic E-state index is 0.0413. The molecule has 1 aliphatic heterocycles. The lowest BCUT2D eigenvalue weighted by atomic mass is 9.69. The molecule has 7 nitrogen and oxygen atoms in total. The van der Waals surface area contributed by atoms with Gasteiger partial charge in [-0.3, -0.25) is 19.4 Å². The second-order valence-corrected chi connectivity index (χ2v) is 13.0. The van der Waals surface area contributed by atoms with Crippen molar-refractivity contribution >= 4 is 35.1 Å². The topological polar surface area (TPSA) is 99.1 Å². The van der Waals surface area contributed by atoms with E-state index in [4.69, 9.17) is 21.7 Å². The molecule has 1 unspecified atom stereocenters. The van der Waals surface area contributed by atoms with Gasteiger partial charge in [-0.15, -0.1) is 0 Å². The van der Waals surface area contributed by atoms with Crippen molar-refractivity contribution < 1.29 is 23.9 Å². The first-order valence-corrected chi connectivity index (χ1v) is 15.2. The van der Waals surface area contributed by atoms with Gasteiger partial charge in [0.1, 0.15) is 17.2 Å². The highest BCUT2D eigenvalue weighted by atomic mass is 35.5. The summed E-state index contributed by atoms with van der Waals surface area (Å²) in [5.41, 5.74) is 1.31. The van der Waals surface area contributed by atoms with Crippen LogP contribution in [-0.4, -0.2) is 45.7 Å². The monoisotopic (exact) mass is 597 g/mol. The number of hydrogen-bond acceptors (Lipinski definition) is 4. The van der Waals surface area contributed by atoms with Crippen LogP contribution in [0.4, 0.5) is 4.39 Å². The molecule has 2 aromatic rings. The fourth-order valence-corrected chi connectivity index (χ4v) is 6.53. The maximum Gasteiger partial charge on any atom is 0.305 e. The molecular weight excluding hydrogens is 557 g/mol. The average Bonchev–Trinajstić information content (AvgIpc) is 3.19. The molecule has 0 aromatic heterocycles. The van der Waals surface area contributed by atoms with E-state index in [1.165, 1.54) is 12.1 Å². The molecule has 2 aliphatic rings. The van der Waals surface area contributed by atoms with Crippen LogP contribution in [0.3, 0.4) is 0 Å². The number of aliphatic carboxylic acids is 1. The van der Waals surface area contributed by atoms with Crippen LogP contribution in [0.5, 0.6) is 0 Å². The van der Waals surface area contributed by atoms with E-state index >= 15 is 0 Å². The number of carbonyl (C=O) groups excluding carboxylic acids is 2. The summed E-state index contributed by atoms with van der Waals surface area (Å²) in [6.07, 6.45) is 5.64. The van der Waals surface area contributed by atoms with E-state index < -0.39 is 17.4 Å². The number of halogens is 2. The van der Waals surface area contributed by atoms with Crippen LogP contribution in [-0.2, 0) is 9.59 Å². The number of rotatable bonds is 10. The van der Waals surface area contributed by atoms with Crippen LogP contribution >= 0.6 is 11.6 Å². The number of hydrogen-bond donors (Lipinski definition) is 2. The fourth-order valence-electron chi connectivity index (χ4n) is 6.31. The van der Waals surface area contributed by atoms with Gasteiger partial charge in [0.25, 0.3) is 11.8 Å². The van der Waals surface area contributed by atoms with Crippen molar-refractivity contribution in [3.8, 4) is 0 Å². The van der Waals surface area contributed by atoms with Crippen LogP contribution in [0.15, 0.2) is 47.5 Å². The zero-order valence-electron chi connectivity index (χ0n) is 24.9. The Kier molecular flexibility index (Phi) is 9.76. The highest BCUT2D eigenvalue weighted by molar-refractivity contribution is 6.47. The number of benzene rings is 2. The normalized spacial score (nSPS) is 21.4. The quantitative estimate of drug-likeness (QED) is 0.303. The number of carboxylic acids is 1. The van der Waals surface area contributed by atoms with Crippen molar-refractivity contribution in [3.05, 3.63) is 70.0 Å². The summed E-state index contributed by atoms with van der Waals surface area (Å²) in [5.74, 6) is -1.59. The molecule has 2 amide bonds. The molecule has 4 rings (SSSR count). The molecule has 0 bridgehead atoms. The van der Waals surface area contributed by atoms with Crippen molar-refractivity contribution in [1.82, 2.24) is 10.2 Å². The molecule has 1 aliphatic carbocycles. The summed E-state index contributed by atoms with van der Waals surface area (Å²) >= 11 is 6.19. The van der Waals surface area contributed by atoms with Crippen molar-refractivity contribution in [2.75, 3.05) is 6.54 Å². The third kappa shape index (κ3) is 7.02. The molecule has 1 saturated carbocycles. The van der Waals surface area contributed by atoms with Crippen molar-refractivity contribution in [2.24, 2.45) is 16.3 Å². The first-order chi connectivity index (χ1) is 19.8. The summed E-state index contributed by atoms with van der Waals surface area (Å²) in [7, 11) is 0. The lowest BCUT2D eigenvalue weighted by molar-refractivity contribution is -0.137. The average molecular weight is 598 g/mol. The van der Waals surface area contributed by atoms with Gasteiger partial charge >= 0.3 is 5.97 Å². The van der Waals surface area contributed by atoms with Gasteiger partial charge in [-0.2, -0.15) is 0 Å². The Hall–Kier alpha value is -3.26. The number of nitrogens with zero attached hydrogens (tertiary/aromatic N) is 2. The minimum Gasteiger partial charge on any atom is -0.481 e. The number of carbonyl (C=O) groups is 3. The molecule has 1 atom stereocenters. The Balaban J connectivity index is 1.71. The Morgan fingerprint density at radius 1 is 1.17 bits per heavy atom. The second-order valence-electron chi connectivity index (χ2n) is 12.6. The molecule has 0 saturated heterocycles. The fraction of sp³-hybridized carbons (Fsp3) is 0.515. The lowest BCUT2D eigenvalue weighted by Gasteiger charge is -2.47. The molecule has 0 radical (unpaired) electrons. The molecular formula is C33H41ClFN3O4. The molecule has 1 fully saturated rings. The molecule has 226 valence electrons. The number of nitrogens with one attached hydrogen (secondary N) is 1. The molecule has 1 spiro atoms. The third-order valence-corrected chi connectivity index (χ3v) is 8.88. The minimum atomic E-state index is -0.979. The second kappa shape index (κ2) is 12.9. The predicted molar refractivity (Wildman–Crippen MR) is 162 cm³/mol.